The molecule has 0 aliphatic carbocycles. The van der Waals surface area contributed by atoms with Crippen LogP contribution in [0.4, 0.5) is 5.82 Å². The molecule has 0 atom stereocenters. The Morgan fingerprint density at radius 3 is 2.55 bits per heavy atom. The summed E-state index contributed by atoms with van der Waals surface area (Å²) in [4.78, 5) is 19.2. The maximum absolute atomic E-state index is 10.6. The molecule has 0 bridgehead atoms. The van der Waals surface area contributed by atoms with E-state index in [1.165, 1.54) is 11.1 Å². The van der Waals surface area contributed by atoms with E-state index < -0.39 is 5.97 Å². The summed E-state index contributed by atoms with van der Waals surface area (Å²) in [6.07, 6.45) is 0. The Kier molecular flexibility index (Phi) is 3.98. The Hall–Kier alpha value is -2.43. The van der Waals surface area contributed by atoms with E-state index in [1.54, 1.807) is 13.0 Å². The minimum Gasteiger partial charge on any atom is -0.480 e. The van der Waals surface area contributed by atoms with Gasteiger partial charge in [0.05, 0.1) is 5.69 Å². The normalized spacial score (nSPS) is 10.3. The number of hydrogen-bond donors (Lipinski definition) is 2. The van der Waals surface area contributed by atoms with E-state index in [9.17, 15) is 4.79 Å². The van der Waals surface area contributed by atoms with Crippen LogP contribution in [-0.2, 0) is 4.79 Å². The van der Waals surface area contributed by atoms with Gasteiger partial charge in [-0.1, -0.05) is 12.1 Å². The summed E-state index contributed by atoms with van der Waals surface area (Å²) in [5.74, 6) is 0.204. The molecule has 2 aromatic rings. The van der Waals surface area contributed by atoms with Gasteiger partial charge in [0.15, 0.2) is 0 Å². The number of aromatic nitrogens is 2. The minimum atomic E-state index is -0.922. The molecule has 0 saturated carbocycles. The van der Waals surface area contributed by atoms with Crippen LogP contribution in [0, 0.1) is 20.8 Å². The molecule has 0 aliphatic heterocycles. The summed E-state index contributed by atoms with van der Waals surface area (Å²) in [6.45, 7) is 5.74. The first-order valence-corrected chi connectivity index (χ1v) is 6.34. The molecule has 20 heavy (non-hydrogen) atoms. The van der Waals surface area contributed by atoms with Crippen molar-refractivity contribution in [3.8, 4) is 11.3 Å². The summed E-state index contributed by atoms with van der Waals surface area (Å²) in [5.41, 5.74) is 4.20. The second-order valence-electron chi connectivity index (χ2n) is 4.73. The first-order valence-electron chi connectivity index (χ1n) is 6.34. The van der Waals surface area contributed by atoms with Crippen LogP contribution >= 0.6 is 0 Å². The lowest BCUT2D eigenvalue weighted by Crippen LogP contribution is -2.13. The molecule has 5 heteroatoms. The molecule has 2 rings (SSSR count). The van der Waals surface area contributed by atoms with Gasteiger partial charge in [-0.3, -0.25) is 4.79 Å². The Balaban J connectivity index is 2.35. The molecular formula is C15H17N3O2. The molecule has 5 nitrogen and oxygen atoms in total. The number of hydrogen-bond acceptors (Lipinski definition) is 4. The number of rotatable bonds is 4. The molecule has 1 heterocycles. The Labute approximate surface area is 117 Å². The van der Waals surface area contributed by atoms with E-state index in [0.29, 0.717) is 11.6 Å². The van der Waals surface area contributed by atoms with Crippen molar-refractivity contribution in [1.29, 1.82) is 0 Å². The fourth-order valence-corrected chi connectivity index (χ4v) is 1.87. The van der Waals surface area contributed by atoms with Crippen molar-refractivity contribution in [3.63, 3.8) is 0 Å². The number of carboxylic acids is 1. The third-order valence-electron chi connectivity index (χ3n) is 3.06. The molecular weight excluding hydrogens is 254 g/mol. The van der Waals surface area contributed by atoms with Gasteiger partial charge in [0.1, 0.15) is 18.2 Å². The quantitative estimate of drug-likeness (QED) is 0.894. The predicted molar refractivity (Wildman–Crippen MR) is 77.8 cm³/mol. The standard InChI is InChI=1S/C15H17N3O2/c1-9-4-5-12(6-10(9)2)13-7-14(16-8-15(19)20)18-11(3)17-13/h4-7H,8H2,1-3H3,(H,19,20)(H,16,17,18). The van der Waals surface area contributed by atoms with E-state index in [0.717, 1.165) is 11.3 Å². The van der Waals surface area contributed by atoms with Crippen LogP contribution in [0.15, 0.2) is 24.3 Å². The molecule has 0 fully saturated rings. The van der Waals surface area contributed by atoms with Crippen LogP contribution in [0.2, 0.25) is 0 Å². The third kappa shape index (κ3) is 3.32. The molecule has 0 radical (unpaired) electrons. The zero-order valence-electron chi connectivity index (χ0n) is 11.8. The Bertz CT molecular complexity index is 654. The van der Waals surface area contributed by atoms with E-state index in [4.69, 9.17) is 5.11 Å². The highest BCUT2D eigenvalue weighted by Gasteiger charge is 2.06. The van der Waals surface area contributed by atoms with Crippen LogP contribution in [0.1, 0.15) is 17.0 Å². The van der Waals surface area contributed by atoms with Crippen LogP contribution in [0.3, 0.4) is 0 Å². The Morgan fingerprint density at radius 2 is 1.90 bits per heavy atom. The van der Waals surface area contributed by atoms with Crippen molar-refractivity contribution in [2.75, 3.05) is 11.9 Å². The van der Waals surface area contributed by atoms with Gasteiger partial charge in [0.2, 0.25) is 0 Å². The van der Waals surface area contributed by atoms with Crippen LogP contribution < -0.4 is 5.32 Å². The summed E-state index contributed by atoms with van der Waals surface area (Å²) in [7, 11) is 0. The second kappa shape index (κ2) is 5.69. The van der Waals surface area contributed by atoms with Gasteiger partial charge in [-0.15, -0.1) is 0 Å². The number of carbonyl (C=O) groups is 1. The van der Waals surface area contributed by atoms with E-state index in [-0.39, 0.29) is 6.54 Å². The first-order chi connectivity index (χ1) is 9.45. The van der Waals surface area contributed by atoms with Crippen molar-refractivity contribution in [3.05, 3.63) is 41.2 Å². The van der Waals surface area contributed by atoms with Crippen molar-refractivity contribution >= 4 is 11.8 Å². The average molecular weight is 271 g/mol. The van der Waals surface area contributed by atoms with Crippen molar-refractivity contribution < 1.29 is 9.90 Å². The molecule has 0 saturated heterocycles. The molecule has 104 valence electrons. The number of aliphatic carboxylic acids is 1. The smallest absolute Gasteiger partial charge is 0.322 e. The largest absolute Gasteiger partial charge is 0.480 e. The fraction of sp³-hybridized carbons (Fsp3) is 0.267. The van der Waals surface area contributed by atoms with Gasteiger partial charge >= 0.3 is 5.97 Å². The number of aryl methyl sites for hydroxylation is 3. The van der Waals surface area contributed by atoms with Gasteiger partial charge in [-0.05, 0) is 38.0 Å². The van der Waals surface area contributed by atoms with Gasteiger partial charge in [0.25, 0.3) is 0 Å². The first kappa shape index (κ1) is 14.0. The highest BCUT2D eigenvalue weighted by molar-refractivity contribution is 5.73. The van der Waals surface area contributed by atoms with Crippen molar-refractivity contribution in [2.24, 2.45) is 0 Å². The monoisotopic (exact) mass is 271 g/mol. The third-order valence-corrected chi connectivity index (χ3v) is 3.06. The minimum absolute atomic E-state index is 0.164. The average Bonchev–Trinajstić information content (AvgIpc) is 2.39. The van der Waals surface area contributed by atoms with E-state index in [2.05, 4.69) is 35.2 Å². The fourth-order valence-electron chi connectivity index (χ4n) is 1.87. The molecule has 0 unspecified atom stereocenters. The van der Waals surface area contributed by atoms with Gasteiger partial charge in [-0.25, -0.2) is 9.97 Å². The second-order valence-corrected chi connectivity index (χ2v) is 4.73. The molecule has 0 aliphatic rings. The molecule has 1 aromatic heterocycles. The highest BCUT2D eigenvalue weighted by atomic mass is 16.4. The van der Waals surface area contributed by atoms with Gasteiger partial charge in [0, 0.05) is 11.6 Å². The number of anilines is 1. The highest BCUT2D eigenvalue weighted by Crippen LogP contribution is 2.22. The summed E-state index contributed by atoms with van der Waals surface area (Å²) >= 11 is 0. The maximum atomic E-state index is 10.6. The Morgan fingerprint density at radius 1 is 1.15 bits per heavy atom. The summed E-state index contributed by atoms with van der Waals surface area (Å²) < 4.78 is 0. The zero-order valence-corrected chi connectivity index (χ0v) is 11.8. The van der Waals surface area contributed by atoms with Gasteiger partial charge in [-0.2, -0.15) is 0 Å². The van der Waals surface area contributed by atoms with Crippen LogP contribution in [0.25, 0.3) is 11.3 Å². The van der Waals surface area contributed by atoms with Crippen LogP contribution in [0.5, 0.6) is 0 Å². The number of nitrogens with one attached hydrogen (secondary N) is 1. The summed E-state index contributed by atoms with van der Waals surface area (Å²) in [5, 5.41) is 11.5. The number of carboxylic acid groups (broad SMARTS) is 1. The molecule has 1 aromatic carbocycles. The predicted octanol–water partition coefficient (Wildman–Crippen LogP) is 2.57. The maximum Gasteiger partial charge on any atom is 0.322 e. The van der Waals surface area contributed by atoms with Crippen molar-refractivity contribution in [1.82, 2.24) is 9.97 Å². The zero-order chi connectivity index (χ0) is 14.7. The topological polar surface area (TPSA) is 75.1 Å². The number of benzene rings is 1. The molecule has 2 N–H and O–H groups in total. The van der Waals surface area contributed by atoms with Gasteiger partial charge < -0.3 is 10.4 Å². The van der Waals surface area contributed by atoms with Crippen LogP contribution in [-0.4, -0.2) is 27.6 Å². The molecule has 0 amide bonds. The number of nitrogens with zero attached hydrogens (tertiary/aromatic N) is 2. The lowest BCUT2D eigenvalue weighted by atomic mass is 10.0. The lowest BCUT2D eigenvalue weighted by molar-refractivity contribution is -0.134. The molecule has 0 spiro atoms. The lowest BCUT2D eigenvalue weighted by Gasteiger charge is -2.08. The summed E-state index contributed by atoms with van der Waals surface area (Å²) in [6, 6.07) is 7.88. The SMILES string of the molecule is Cc1nc(NCC(=O)O)cc(-c2ccc(C)c(C)c2)n1. The van der Waals surface area contributed by atoms with Crippen molar-refractivity contribution in [2.45, 2.75) is 20.8 Å². The van der Waals surface area contributed by atoms with E-state index >= 15 is 0 Å². The van der Waals surface area contributed by atoms with E-state index in [1.807, 2.05) is 12.1 Å².